The van der Waals surface area contributed by atoms with E-state index in [4.69, 9.17) is 5.26 Å². The van der Waals surface area contributed by atoms with E-state index < -0.39 is 5.92 Å². The summed E-state index contributed by atoms with van der Waals surface area (Å²) in [7, 11) is 2.04. The average Bonchev–Trinajstić information content (AvgIpc) is 3.15. The van der Waals surface area contributed by atoms with Crippen molar-refractivity contribution in [1.82, 2.24) is 14.8 Å². The number of anilines is 1. The molecule has 1 fully saturated rings. The zero-order valence-corrected chi connectivity index (χ0v) is 16.9. The minimum atomic E-state index is -0.522. The van der Waals surface area contributed by atoms with Gasteiger partial charge in [0.1, 0.15) is 5.92 Å². The van der Waals surface area contributed by atoms with Crippen LogP contribution in [0.4, 0.5) is 5.82 Å². The number of hydrogen-bond acceptors (Lipinski definition) is 6. The molecule has 1 saturated heterocycles. The zero-order chi connectivity index (χ0) is 21.3. The number of nitrogens with zero attached hydrogens (tertiary/aromatic N) is 6. The van der Waals surface area contributed by atoms with E-state index in [1.807, 2.05) is 18.9 Å². The molecule has 1 atom stereocenters. The fraction of sp³-hybridized carbons (Fsp3) is 0.318. The molecule has 0 radical (unpaired) electrons. The molecular formula is C22H22N6O2. The number of rotatable bonds is 3. The highest BCUT2D eigenvalue weighted by Gasteiger charge is 2.32. The number of carbonyl (C=O) groups is 2. The first-order valence-electron chi connectivity index (χ1n) is 9.80. The van der Waals surface area contributed by atoms with E-state index in [1.54, 1.807) is 36.5 Å². The summed E-state index contributed by atoms with van der Waals surface area (Å²) in [6, 6.07) is 10.7. The summed E-state index contributed by atoms with van der Waals surface area (Å²) in [5.74, 6) is -0.387. The molecule has 2 aromatic rings. The molecule has 8 nitrogen and oxygen atoms in total. The Kier molecular flexibility index (Phi) is 5.29. The van der Waals surface area contributed by atoms with Crippen LogP contribution in [0.5, 0.6) is 0 Å². The summed E-state index contributed by atoms with van der Waals surface area (Å²) >= 11 is 0. The Bertz CT molecular complexity index is 1050. The monoisotopic (exact) mass is 402 g/mol. The predicted molar refractivity (Wildman–Crippen MR) is 112 cm³/mol. The second kappa shape index (κ2) is 8.05. The van der Waals surface area contributed by atoms with E-state index in [0.717, 1.165) is 24.2 Å². The molecule has 0 aliphatic carbocycles. The molecule has 3 heterocycles. The lowest BCUT2D eigenvalue weighted by Gasteiger charge is -2.32. The van der Waals surface area contributed by atoms with Gasteiger partial charge in [-0.2, -0.15) is 15.4 Å². The quantitative estimate of drug-likeness (QED) is 0.780. The third kappa shape index (κ3) is 3.67. The number of piperazine rings is 1. The number of pyridine rings is 1. The molecule has 0 bridgehead atoms. The first-order chi connectivity index (χ1) is 14.5. The Hall–Kier alpha value is -3.57. The number of amides is 2. The smallest absolute Gasteiger partial charge is 0.261 e. The van der Waals surface area contributed by atoms with Gasteiger partial charge in [-0.3, -0.25) is 9.59 Å². The van der Waals surface area contributed by atoms with Gasteiger partial charge in [0.2, 0.25) is 0 Å². The largest absolute Gasteiger partial charge is 0.336 e. The normalized spacial score (nSPS) is 19.2. The topological polar surface area (TPSA) is 92.9 Å². The summed E-state index contributed by atoms with van der Waals surface area (Å²) in [4.78, 5) is 34.1. The summed E-state index contributed by atoms with van der Waals surface area (Å²) in [5.41, 5.74) is 2.61. The Morgan fingerprint density at radius 2 is 1.87 bits per heavy atom. The second-order valence-electron chi connectivity index (χ2n) is 7.58. The molecule has 1 unspecified atom stereocenters. The van der Waals surface area contributed by atoms with Crippen molar-refractivity contribution >= 4 is 23.8 Å². The first-order valence-corrected chi connectivity index (χ1v) is 9.80. The number of aryl methyl sites for hydroxylation is 1. The van der Waals surface area contributed by atoms with Gasteiger partial charge >= 0.3 is 0 Å². The Balaban J connectivity index is 1.50. The van der Waals surface area contributed by atoms with Gasteiger partial charge in [0.05, 0.1) is 17.2 Å². The number of nitriles is 1. The van der Waals surface area contributed by atoms with E-state index in [-0.39, 0.29) is 11.8 Å². The van der Waals surface area contributed by atoms with Crippen LogP contribution in [0.2, 0.25) is 0 Å². The number of carbonyl (C=O) groups excluding carboxylic acids is 2. The van der Waals surface area contributed by atoms with Gasteiger partial charge in [-0.15, -0.1) is 0 Å². The maximum absolute atomic E-state index is 12.9. The highest BCUT2D eigenvalue weighted by molar-refractivity contribution is 6.11. The van der Waals surface area contributed by atoms with Crippen LogP contribution in [0.1, 0.15) is 33.0 Å². The van der Waals surface area contributed by atoms with Gasteiger partial charge in [0.25, 0.3) is 11.8 Å². The van der Waals surface area contributed by atoms with Crippen LogP contribution in [0.25, 0.3) is 0 Å². The number of likely N-dealkylation sites (N-methyl/N-ethyl adjacent to an activating group) is 1. The summed E-state index contributed by atoms with van der Waals surface area (Å²) < 4.78 is 0. The lowest BCUT2D eigenvalue weighted by Crippen LogP contribution is -2.47. The zero-order valence-electron chi connectivity index (χ0n) is 16.9. The van der Waals surface area contributed by atoms with Crippen LogP contribution in [0.3, 0.4) is 0 Å². The minimum absolute atomic E-state index is 0.0358. The predicted octanol–water partition coefficient (Wildman–Crippen LogP) is 1.77. The van der Waals surface area contributed by atoms with Gasteiger partial charge in [0.15, 0.2) is 5.82 Å². The van der Waals surface area contributed by atoms with Crippen molar-refractivity contribution in [2.24, 2.45) is 5.10 Å². The third-order valence-corrected chi connectivity index (χ3v) is 5.54. The average molecular weight is 402 g/mol. The maximum atomic E-state index is 12.9. The van der Waals surface area contributed by atoms with Crippen LogP contribution in [0.15, 0.2) is 41.6 Å². The highest BCUT2D eigenvalue weighted by Crippen LogP contribution is 2.27. The molecule has 152 valence electrons. The van der Waals surface area contributed by atoms with Crippen LogP contribution in [0, 0.1) is 18.3 Å². The van der Waals surface area contributed by atoms with Gasteiger partial charge in [0, 0.05) is 38.6 Å². The fourth-order valence-corrected chi connectivity index (χ4v) is 3.61. The minimum Gasteiger partial charge on any atom is -0.336 e. The number of benzene rings is 1. The molecule has 8 heteroatoms. The van der Waals surface area contributed by atoms with E-state index >= 15 is 0 Å². The Morgan fingerprint density at radius 1 is 1.17 bits per heavy atom. The molecule has 1 aromatic heterocycles. The second-order valence-corrected chi connectivity index (χ2v) is 7.58. The van der Waals surface area contributed by atoms with Crippen LogP contribution in [-0.4, -0.2) is 66.0 Å². The van der Waals surface area contributed by atoms with Crippen molar-refractivity contribution in [3.8, 4) is 6.07 Å². The Labute approximate surface area is 175 Å². The van der Waals surface area contributed by atoms with Crippen molar-refractivity contribution in [3.63, 3.8) is 0 Å². The van der Waals surface area contributed by atoms with E-state index in [9.17, 15) is 9.59 Å². The highest BCUT2D eigenvalue weighted by atomic mass is 16.2. The van der Waals surface area contributed by atoms with E-state index in [1.165, 1.54) is 11.2 Å². The molecular weight excluding hydrogens is 380 g/mol. The van der Waals surface area contributed by atoms with E-state index in [2.05, 4.69) is 21.1 Å². The fourth-order valence-electron chi connectivity index (χ4n) is 3.61. The van der Waals surface area contributed by atoms with Gasteiger partial charge in [-0.1, -0.05) is 12.1 Å². The molecule has 1 aromatic carbocycles. The summed E-state index contributed by atoms with van der Waals surface area (Å²) in [5, 5.41) is 14.4. The van der Waals surface area contributed by atoms with Crippen molar-refractivity contribution < 1.29 is 9.59 Å². The van der Waals surface area contributed by atoms with Crippen molar-refractivity contribution in [1.29, 1.82) is 5.26 Å². The third-order valence-electron chi connectivity index (χ3n) is 5.54. The molecule has 0 N–H and O–H groups in total. The molecule has 2 amide bonds. The maximum Gasteiger partial charge on any atom is 0.261 e. The standard InChI is InChI=1S/C22H22N6O2/c1-15-11-20(24-13-18(15)21(29)27-9-7-26(2)8-10-27)28-22(30)19(14-25-28)17-5-3-16(12-23)4-6-17/h3-6,11,13-14,19H,7-10H2,1-2H3. The lowest BCUT2D eigenvalue weighted by molar-refractivity contribution is -0.118. The van der Waals surface area contributed by atoms with Crippen molar-refractivity contribution in [3.05, 3.63) is 58.8 Å². The van der Waals surface area contributed by atoms with Crippen LogP contribution < -0.4 is 5.01 Å². The molecule has 0 spiro atoms. The number of hydrazone groups is 1. The molecule has 0 saturated carbocycles. The molecule has 30 heavy (non-hydrogen) atoms. The summed E-state index contributed by atoms with van der Waals surface area (Å²) in [6.07, 6.45) is 3.10. The van der Waals surface area contributed by atoms with Crippen molar-refractivity contribution in [2.45, 2.75) is 12.8 Å². The molecule has 4 rings (SSSR count). The number of aromatic nitrogens is 1. The van der Waals surface area contributed by atoms with Gasteiger partial charge in [-0.25, -0.2) is 4.98 Å². The van der Waals surface area contributed by atoms with Gasteiger partial charge < -0.3 is 9.80 Å². The van der Waals surface area contributed by atoms with Crippen LogP contribution in [-0.2, 0) is 4.79 Å². The lowest BCUT2D eigenvalue weighted by atomic mass is 9.99. The summed E-state index contributed by atoms with van der Waals surface area (Å²) in [6.45, 7) is 4.93. The molecule has 2 aliphatic heterocycles. The molecule has 2 aliphatic rings. The van der Waals surface area contributed by atoms with Gasteiger partial charge in [-0.05, 0) is 43.3 Å². The first kappa shape index (κ1) is 19.7. The number of hydrogen-bond donors (Lipinski definition) is 0. The van der Waals surface area contributed by atoms with E-state index in [0.29, 0.717) is 30.0 Å². The SMILES string of the molecule is Cc1cc(N2N=CC(c3ccc(C#N)cc3)C2=O)ncc1C(=O)N1CCN(C)CC1. The van der Waals surface area contributed by atoms with Crippen LogP contribution >= 0.6 is 0 Å². The Morgan fingerprint density at radius 3 is 2.50 bits per heavy atom. The van der Waals surface area contributed by atoms with Crippen molar-refractivity contribution in [2.75, 3.05) is 38.2 Å².